The Labute approximate surface area is 157 Å². The van der Waals surface area contributed by atoms with E-state index in [-0.39, 0.29) is 12.0 Å². The average molecular weight is 366 g/mol. The predicted octanol–water partition coefficient (Wildman–Crippen LogP) is 2.86. The Bertz CT molecular complexity index is 950. The number of benzene rings is 2. The zero-order valence-corrected chi connectivity index (χ0v) is 15.2. The number of rotatable bonds is 6. The third-order valence-corrected chi connectivity index (χ3v) is 4.63. The van der Waals surface area contributed by atoms with Crippen molar-refractivity contribution in [2.75, 3.05) is 26.9 Å². The maximum Gasteiger partial charge on any atom is 0.253 e. The Morgan fingerprint density at radius 1 is 1.19 bits per heavy atom. The van der Waals surface area contributed by atoms with Crippen LogP contribution in [0.25, 0.3) is 10.9 Å². The van der Waals surface area contributed by atoms with Crippen molar-refractivity contribution in [2.24, 2.45) is 0 Å². The molecule has 2 heterocycles. The summed E-state index contributed by atoms with van der Waals surface area (Å²) in [4.78, 5) is 12.8. The van der Waals surface area contributed by atoms with Crippen molar-refractivity contribution in [3.63, 3.8) is 0 Å². The molecule has 1 aliphatic rings. The van der Waals surface area contributed by atoms with Gasteiger partial charge >= 0.3 is 0 Å². The number of carbonyl (C=O) groups excluding carboxylic acids is 1. The molecule has 0 spiro atoms. The van der Waals surface area contributed by atoms with Crippen LogP contribution in [0.15, 0.2) is 54.7 Å². The molecule has 1 aliphatic heterocycles. The molecular weight excluding hydrogens is 344 g/mol. The minimum atomic E-state index is -0.217. The molecule has 140 valence electrons. The normalized spacial score (nSPS) is 15.7. The van der Waals surface area contributed by atoms with Crippen LogP contribution in [0.1, 0.15) is 10.4 Å². The molecular formula is C21H22N2O4. The van der Waals surface area contributed by atoms with Crippen molar-refractivity contribution in [1.29, 1.82) is 0 Å². The van der Waals surface area contributed by atoms with Gasteiger partial charge in [0.1, 0.15) is 12.7 Å². The highest BCUT2D eigenvalue weighted by molar-refractivity contribution is 6.07. The number of para-hydroxylation sites is 3. The van der Waals surface area contributed by atoms with Gasteiger partial charge in [0, 0.05) is 30.8 Å². The minimum absolute atomic E-state index is 0.121. The standard InChI is InChI=1S/C21H22N2O4/c1-25-11-10-23-13-17(16-6-2-3-7-18(16)23)21(24)22-12-15-14-26-19-8-4-5-9-20(19)27-15/h2-9,13,15H,10-12,14H2,1H3,(H,22,24)/t15-/m1/s1. The zero-order chi connectivity index (χ0) is 18.6. The fourth-order valence-electron chi connectivity index (χ4n) is 3.27. The Morgan fingerprint density at radius 3 is 2.81 bits per heavy atom. The number of carbonyl (C=O) groups is 1. The lowest BCUT2D eigenvalue weighted by atomic mass is 10.1. The maximum absolute atomic E-state index is 12.8. The number of amides is 1. The zero-order valence-electron chi connectivity index (χ0n) is 15.2. The summed E-state index contributed by atoms with van der Waals surface area (Å²) < 4.78 is 18.8. The summed E-state index contributed by atoms with van der Waals surface area (Å²) in [6.07, 6.45) is 1.66. The molecule has 3 aromatic rings. The predicted molar refractivity (Wildman–Crippen MR) is 103 cm³/mol. The van der Waals surface area contributed by atoms with E-state index >= 15 is 0 Å². The van der Waals surface area contributed by atoms with Crippen LogP contribution in [0.5, 0.6) is 11.5 Å². The monoisotopic (exact) mass is 366 g/mol. The van der Waals surface area contributed by atoms with Gasteiger partial charge in [-0.3, -0.25) is 4.79 Å². The van der Waals surface area contributed by atoms with Crippen molar-refractivity contribution >= 4 is 16.8 Å². The molecule has 27 heavy (non-hydrogen) atoms. The summed E-state index contributed by atoms with van der Waals surface area (Å²) in [5, 5.41) is 3.90. The highest BCUT2D eigenvalue weighted by Gasteiger charge is 2.22. The van der Waals surface area contributed by atoms with Crippen molar-refractivity contribution in [2.45, 2.75) is 12.6 Å². The molecule has 0 bridgehead atoms. The molecule has 1 aromatic heterocycles. The number of hydrogen-bond donors (Lipinski definition) is 1. The first-order valence-corrected chi connectivity index (χ1v) is 9.00. The molecule has 0 unspecified atom stereocenters. The Hall–Kier alpha value is -2.99. The van der Waals surface area contributed by atoms with E-state index in [1.165, 1.54) is 0 Å². The molecule has 4 rings (SSSR count). The molecule has 2 aromatic carbocycles. The van der Waals surface area contributed by atoms with Crippen molar-refractivity contribution in [3.05, 3.63) is 60.3 Å². The third kappa shape index (κ3) is 3.61. The Kier molecular flexibility index (Phi) is 4.98. The van der Waals surface area contributed by atoms with Crippen LogP contribution in [0.4, 0.5) is 0 Å². The largest absolute Gasteiger partial charge is 0.486 e. The molecule has 1 N–H and O–H groups in total. The lowest BCUT2D eigenvalue weighted by Gasteiger charge is -2.26. The summed E-state index contributed by atoms with van der Waals surface area (Å²) in [6.45, 7) is 2.07. The van der Waals surface area contributed by atoms with Crippen molar-refractivity contribution < 1.29 is 19.0 Å². The number of ether oxygens (including phenoxy) is 3. The molecule has 0 radical (unpaired) electrons. The van der Waals surface area contributed by atoms with E-state index < -0.39 is 0 Å². The summed E-state index contributed by atoms with van der Waals surface area (Å²) in [7, 11) is 1.67. The van der Waals surface area contributed by atoms with Gasteiger partial charge < -0.3 is 24.1 Å². The van der Waals surface area contributed by atoms with Gasteiger partial charge in [-0.2, -0.15) is 0 Å². The van der Waals surface area contributed by atoms with Crippen LogP contribution in [0, 0.1) is 0 Å². The SMILES string of the molecule is COCCn1cc(C(=O)NC[C@@H]2COc3ccccc3O2)c2ccccc21. The molecule has 0 aliphatic carbocycles. The van der Waals surface area contributed by atoms with Crippen LogP contribution in [0.2, 0.25) is 0 Å². The van der Waals surface area contributed by atoms with E-state index in [0.29, 0.717) is 37.6 Å². The van der Waals surface area contributed by atoms with E-state index in [0.717, 1.165) is 16.7 Å². The van der Waals surface area contributed by atoms with Gasteiger partial charge in [-0.1, -0.05) is 30.3 Å². The van der Waals surface area contributed by atoms with Gasteiger partial charge in [0.05, 0.1) is 18.7 Å². The molecule has 6 nitrogen and oxygen atoms in total. The lowest BCUT2D eigenvalue weighted by molar-refractivity contribution is 0.0790. The van der Waals surface area contributed by atoms with Gasteiger partial charge in [-0.25, -0.2) is 0 Å². The van der Waals surface area contributed by atoms with Crippen LogP contribution in [-0.4, -0.2) is 43.4 Å². The Balaban J connectivity index is 1.46. The smallest absolute Gasteiger partial charge is 0.253 e. The maximum atomic E-state index is 12.8. The Morgan fingerprint density at radius 2 is 1.96 bits per heavy atom. The second-order valence-corrected chi connectivity index (χ2v) is 6.45. The number of nitrogens with zero attached hydrogens (tertiary/aromatic N) is 1. The summed E-state index contributed by atoms with van der Waals surface area (Å²) >= 11 is 0. The van der Waals surface area contributed by atoms with Crippen LogP contribution < -0.4 is 14.8 Å². The minimum Gasteiger partial charge on any atom is -0.486 e. The molecule has 0 saturated heterocycles. The highest BCUT2D eigenvalue weighted by atomic mass is 16.6. The van der Waals surface area contributed by atoms with Gasteiger partial charge in [0.2, 0.25) is 0 Å². The lowest BCUT2D eigenvalue weighted by Crippen LogP contribution is -2.40. The molecule has 0 saturated carbocycles. The number of fused-ring (bicyclic) bond motifs is 2. The quantitative estimate of drug-likeness (QED) is 0.729. The molecule has 1 amide bonds. The fourth-order valence-corrected chi connectivity index (χ4v) is 3.27. The first kappa shape index (κ1) is 17.4. The van der Waals surface area contributed by atoms with Crippen molar-refractivity contribution in [3.8, 4) is 11.5 Å². The van der Waals surface area contributed by atoms with E-state index in [1.807, 2.05) is 59.3 Å². The molecule has 1 atom stereocenters. The number of aromatic nitrogens is 1. The number of nitrogens with one attached hydrogen (secondary N) is 1. The fraction of sp³-hybridized carbons (Fsp3) is 0.286. The number of methoxy groups -OCH3 is 1. The summed E-state index contributed by atoms with van der Waals surface area (Å²) in [5.41, 5.74) is 1.67. The first-order chi connectivity index (χ1) is 13.3. The second kappa shape index (κ2) is 7.72. The van der Waals surface area contributed by atoms with Crippen LogP contribution in [0.3, 0.4) is 0 Å². The van der Waals surface area contributed by atoms with Crippen LogP contribution >= 0.6 is 0 Å². The van der Waals surface area contributed by atoms with Crippen molar-refractivity contribution in [1.82, 2.24) is 9.88 Å². The van der Waals surface area contributed by atoms with Crippen LogP contribution in [-0.2, 0) is 11.3 Å². The number of hydrogen-bond acceptors (Lipinski definition) is 4. The summed E-state index contributed by atoms with van der Waals surface area (Å²) in [6, 6.07) is 15.4. The highest BCUT2D eigenvalue weighted by Crippen LogP contribution is 2.30. The molecule has 6 heteroatoms. The topological polar surface area (TPSA) is 61.7 Å². The van der Waals surface area contributed by atoms with Gasteiger partial charge in [-0.15, -0.1) is 0 Å². The second-order valence-electron chi connectivity index (χ2n) is 6.45. The van der Waals surface area contributed by atoms with E-state index in [9.17, 15) is 4.79 Å². The van der Waals surface area contributed by atoms with E-state index in [2.05, 4.69) is 5.32 Å². The summed E-state index contributed by atoms with van der Waals surface area (Å²) in [5.74, 6) is 1.32. The van der Waals surface area contributed by atoms with Gasteiger partial charge in [0.15, 0.2) is 11.5 Å². The van der Waals surface area contributed by atoms with Gasteiger partial charge in [0.25, 0.3) is 5.91 Å². The third-order valence-electron chi connectivity index (χ3n) is 4.63. The van der Waals surface area contributed by atoms with E-state index in [4.69, 9.17) is 14.2 Å². The van der Waals surface area contributed by atoms with Gasteiger partial charge in [-0.05, 0) is 18.2 Å². The van der Waals surface area contributed by atoms with E-state index in [1.54, 1.807) is 7.11 Å². The molecule has 0 fully saturated rings. The average Bonchev–Trinajstić information content (AvgIpc) is 3.09. The first-order valence-electron chi connectivity index (χ1n) is 9.00.